The molecule has 8 nitrogen and oxygen atoms in total. The number of hydrogen-bond acceptors (Lipinski definition) is 8. The molecule has 1 saturated heterocycles. The first kappa shape index (κ1) is 30.2. The van der Waals surface area contributed by atoms with E-state index in [0.717, 1.165) is 42.7 Å². The predicted molar refractivity (Wildman–Crippen MR) is 147 cm³/mol. The van der Waals surface area contributed by atoms with Gasteiger partial charge in [-0.15, -0.1) is 11.3 Å². The number of amides is 1. The fourth-order valence-corrected chi connectivity index (χ4v) is 5.72. The Morgan fingerprint density at radius 3 is 2.50 bits per heavy atom. The highest BCUT2D eigenvalue weighted by Crippen LogP contribution is 2.30. The number of benzene rings is 1. The third-order valence-corrected chi connectivity index (χ3v) is 8.17. The van der Waals surface area contributed by atoms with Crippen LogP contribution >= 0.6 is 11.3 Å². The molecule has 2 aromatic rings. The summed E-state index contributed by atoms with van der Waals surface area (Å²) in [5.41, 5.74) is 2.28. The number of ether oxygens (including phenoxy) is 1. The minimum Gasteiger partial charge on any atom is -0.459 e. The van der Waals surface area contributed by atoms with Crippen molar-refractivity contribution in [3.8, 4) is 0 Å². The van der Waals surface area contributed by atoms with Crippen LogP contribution in [0.1, 0.15) is 78.4 Å². The van der Waals surface area contributed by atoms with Crippen molar-refractivity contribution < 1.29 is 34.8 Å². The maximum atomic E-state index is 12.6. The van der Waals surface area contributed by atoms with Crippen LogP contribution in [-0.4, -0.2) is 69.9 Å². The molecule has 1 aromatic heterocycles. The number of rotatable bonds is 16. The first-order chi connectivity index (χ1) is 18.3. The van der Waals surface area contributed by atoms with Crippen LogP contribution in [0.15, 0.2) is 36.4 Å². The van der Waals surface area contributed by atoms with Crippen LogP contribution < -0.4 is 4.90 Å². The maximum absolute atomic E-state index is 12.6. The van der Waals surface area contributed by atoms with Gasteiger partial charge in [0.25, 0.3) is 0 Å². The lowest BCUT2D eigenvalue weighted by Gasteiger charge is -2.25. The standard InChI is InChI=1S/C29H41NO7S/c1-2-3-4-5-7-20-10-12-22(13-11-20)30-21(14-17-27(30)34)8-6-9-23-15-16-26(38-23)29(36)37-19-25(33)28(35)24(32)18-31/h10-13,15-16,21,24-25,28,31-33,35H,2-9,14,17-19H2,1H3/t21-,24+,25-,28-/m0/s1. The van der Waals surface area contributed by atoms with Crippen molar-refractivity contribution in [1.29, 1.82) is 0 Å². The number of hydrogen-bond donors (Lipinski definition) is 4. The Kier molecular flexibility index (Phi) is 12.2. The van der Waals surface area contributed by atoms with Gasteiger partial charge in [-0.25, -0.2) is 4.79 Å². The molecule has 9 heteroatoms. The number of anilines is 1. The van der Waals surface area contributed by atoms with Gasteiger partial charge in [0.2, 0.25) is 5.91 Å². The summed E-state index contributed by atoms with van der Waals surface area (Å²) >= 11 is 1.31. The Hall–Kier alpha value is -2.30. The van der Waals surface area contributed by atoms with Crippen molar-refractivity contribution in [3.05, 3.63) is 51.7 Å². The molecule has 0 bridgehead atoms. The lowest BCUT2D eigenvalue weighted by atomic mass is 10.0. The molecule has 4 atom stereocenters. The van der Waals surface area contributed by atoms with Gasteiger partial charge in [0.05, 0.1) is 6.61 Å². The second-order valence-corrected chi connectivity index (χ2v) is 11.2. The highest BCUT2D eigenvalue weighted by Gasteiger charge is 2.31. The van der Waals surface area contributed by atoms with Crippen molar-refractivity contribution in [2.45, 2.75) is 95.5 Å². The number of thiophene rings is 1. The minimum absolute atomic E-state index is 0.171. The molecule has 1 aliphatic rings. The fourth-order valence-electron chi connectivity index (χ4n) is 4.78. The Morgan fingerprint density at radius 2 is 1.79 bits per heavy atom. The number of carbonyl (C=O) groups excluding carboxylic acids is 2. The number of carbonyl (C=O) groups is 2. The molecular formula is C29H41NO7S. The summed E-state index contributed by atoms with van der Waals surface area (Å²) in [6.07, 6.45) is 5.34. The minimum atomic E-state index is -1.61. The smallest absolute Gasteiger partial charge is 0.348 e. The highest BCUT2D eigenvalue weighted by atomic mass is 32.1. The average Bonchev–Trinajstić information content (AvgIpc) is 3.55. The van der Waals surface area contributed by atoms with E-state index < -0.39 is 37.5 Å². The van der Waals surface area contributed by atoms with E-state index in [-0.39, 0.29) is 11.9 Å². The summed E-state index contributed by atoms with van der Waals surface area (Å²) in [5.74, 6) is -0.446. The van der Waals surface area contributed by atoms with Crippen LogP contribution in [0.25, 0.3) is 0 Å². The van der Waals surface area contributed by atoms with Gasteiger partial charge in [-0.05, 0) is 68.4 Å². The van der Waals surface area contributed by atoms with E-state index in [4.69, 9.17) is 9.84 Å². The molecule has 210 valence electrons. The van der Waals surface area contributed by atoms with Gasteiger partial charge in [0.1, 0.15) is 29.8 Å². The molecule has 0 spiro atoms. The Balaban J connectivity index is 1.45. The Bertz CT molecular complexity index is 1010. The lowest BCUT2D eigenvalue weighted by Crippen LogP contribution is -2.42. The molecule has 1 aliphatic heterocycles. The van der Waals surface area contributed by atoms with Crippen LogP contribution in [0.2, 0.25) is 0 Å². The topological polar surface area (TPSA) is 128 Å². The molecule has 1 amide bonds. The average molecular weight is 548 g/mol. The molecule has 1 aromatic carbocycles. The third kappa shape index (κ3) is 8.61. The third-order valence-electron chi connectivity index (χ3n) is 7.04. The number of aryl methyl sites for hydroxylation is 2. The number of unbranched alkanes of at least 4 members (excludes halogenated alkanes) is 3. The summed E-state index contributed by atoms with van der Waals surface area (Å²) in [6, 6.07) is 12.1. The van der Waals surface area contributed by atoms with E-state index in [9.17, 15) is 24.9 Å². The zero-order chi connectivity index (χ0) is 27.5. The summed E-state index contributed by atoms with van der Waals surface area (Å²) in [7, 11) is 0. The number of aliphatic hydroxyl groups is 4. The normalized spacial score (nSPS) is 18.0. The largest absolute Gasteiger partial charge is 0.459 e. The van der Waals surface area contributed by atoms with Crippen LogP contribution in [0, 0.1) is 0 Å². The van der Waals surface area contributed by atoms with Gasteiger partial charge >= 0.3 is 5.97 Å². The Labute approximate surface area is 228 Å². The maximum Gasteiger partial charge on any atom is 0.348 e. The quantitative estimate of drug-likeness (QED) is 0.187. The monoisotopic (exact) mass is 547 g/mol. The molecular weight excluding hydrogens is 506 g/mol. The van der Waals surface area contributed by atoms with Crippen LogP contribution in [0.3, 0.4) is 0 Å². The molecule has 3 rings (SSSR count). The van der Waals surface area contributed by atoms with Crippen LogP contribution in [0.5, 0.6) is 0 Å². The van der Waals surface area contributed by atoms with E-state index in [0.29, 0.717) is 11.3 Å². The van der Waals surface area contributed by atoms with Crippen molar-refractivity contribution >= 4 is 28.9 Å². The molecule has 0 aliphatic carbocycles. The number of esters is 1. The summed E-state index contributed by atoms with van der Waals surface area (Å²) in [5, 5.41) is 37.7. The van der Waals surface area contributed by atoms with Gasteiger partial charge in [0, 0.05) is 23.0 Å². The lowest BCUT2D eigenvalue weighted by molar-refractivity contribution is -0.117. The van der Waals surface area contributed by atoms with Crippen molar-refractivity contribution in [2.24, 2.45) is 0 Å². The zero-order valence-electron chi connectivity index (χ0n) is 22.1. The highest BCUT2D eigenvalue weighted by molar-refractivity contribution is 7.13. The Morgan fingerprint density at radius 1 is 1.03 bits per heavy atom. The second kappa shape index (κ2) is 15.3. The molecule has 38 heavy (non-hydrogen) atoms. The fraction of sp³-hybridized carbons (Fsp3) is 0.586. The van der Waals surface area contributed by atoms with Crippen LogP contribution in [0.4, 0.5) is 5.69 Å². The summed E-state index contributed by atoms with van der Waals surface area (Å²) in [6.45, 7) is 1.01. The van der Waals surface area contributed by atoms with E-state index in [1.165, 1.54) is 42.6 Å². The van der Waals surface area contributed by atoms with Gasteiger partial charge in [-0.1, -0.05) is 38.3 Å². The molecule has 0 saturated carbocycles. The van der Waals surface area contributed by atoms with Gasteiger partial charge < -0.3 is 30.1 Å². The second-order valence-electron chi connectivity index (χ2n) is 10.00. The molecule has 1 fully saturated rings. The van der Waals surface area contributed by atoms with E-state index >= 15 is 0 Å². The van der Waals surface area contributed by atoms with Crippen LogP contribution in [-0.2, 0) is 22.4 Å². The summed E-state index contributed by atoms with van der Waals surface area (Å²) in [4.78, 5) is 28.3. The first-order valence-electron chi connectivity index (χ1n) is 13.7. The molecule has 0 unspecified atom stereocenters. The molecule has 0 radical (unpaired) electrons. The van der Waals surface area contributed by atoms with Gasteiger partial charge in [-0.3, -0.25) is 4.79 Å². The van der Waals surface area contributed by atoms with Gasteiger partial charge in [0.15, 0.2) is 0 Å². The van der Waals surface area contributed by atoms with Gasteiger partial charge in [-0.2, -0.15) is 0 Å². The number of aliphatic hydroxyl groups excluding tert-OH is 4. The predicted octanol–water partition coefficient (Wildman–Crippen LogP) is 3.62. The van der Waals surface area contributed by atoms with Crippen molar-refractivity contribution in [2.75, 3.05) is 18.1 Å². The van der Waals surface area contributed by atoms with Crippen molar-refractivity contribution in [3.63, 3.8) is 0 Å². The SMILES string of the molecule is CCCCCCc1ccc(N2C(=O)CC[C@@H]2CCCc2ccc(C(=O)OC[C@H](O)[C@@H](O)[C@H](O)CO)s2)cc1. The number of nitrogens with zero attached hydrogens (tertiary/aromatic N) is 1. The van der Waals surface area contributed by atoms with E-state index in [1.807, 2.05) is 11.0 Å². The van der Waals surface area contributed by atoms with E-state index in [2.05, 4.69) is 31.2 Å². The first-order valence-corrected chi connectivity index (χ1v) is 14.5. The molecule has 4 N–H and O–H groups in total. The molecule has 2 heterocycles. The van der Waals surface area contributed by atoms with Crippen molar-refractivity contribution in [1.82, 2.24) is 0 Å². The zero-order valence-corrected chi connectivity index (χ0v) is 22.9. The van der Waals surface area contributed by atoms with E-state index in [1.54, 1.807) is 6.07 Å². The summed E-state index contributed by atoms with van der Waals surface area (Å²) < 4.78 is 5.04.